The van der Waals surface area contributed by atoms with Crippen LogP contribution in [0.5, 0.6) is 11.5 Å². The third-order valence-electron chi connectivity index (χ3n) is 1.55. The van der Waals surface area contributed by atoms with Gasteiger partial charge in [-0.2, -0.15) is 0 Å². The summed E-state index contributed by atoms with van der Waals surface area (Å²) in [7, 11) is 1.34. The molecule has 13 heavy (non-hydrogen) atoms. The van der Waals surface area contributed by atoms with E-state index >= 15 is 0 Å². The number of aromatic hydroxyl groups is 1. The standard InChI is InChI=1S/C8H7NO4/c1-13-8-2-5(4-10)6(9-12)3-7(8)11/h2-4,11H,1H3. The van der Waals surface area contributed by atoms with Crippen LogP contribution in [0.15, 0.2) is 17.3 Å². The molecule has 0 aromatic heterocycles. The van der Waals surface area contributed by atoms with Gasteiger partial charge in [0.05, 0.1) is 7.11 Å². The lowest BCUT2D eigenvalue weighted by molar-refractivity contribution is 0.112. The summed E-state index contributed by atoms with van der Waals surface area (Å²) in [6.45, 7) is 0. The van der Waals surface area contributed by atoms with Gasteiger partial charge in [0.2, 0.25) is 0 Å². The number of carbonyl (C=O) groups excluding carboxylic acids is 1. The number of aldehydes is 1. The van der Waals surface area contributed by atoms with Gasteiger partial charge in [0.1, 0.15) is 5.69 Å². The van der Waals surface area contributed by atoms with Crippen LogP contribution in [0.4, 0.5) is 5.69 Å². The second-order valence-electron chi connectivity index (χ2n) is 2.29. The SMILES string of the molecule is COc1cc(C=O)c(N=O)cc1O. The number of nitrogens with zero attached hydrogens (tertiary/aromatic N) is 1. The van der Waals surface area contributed by atoms with E-state index in [9.17, 15) is 14.8 Å². The number of hydrogen-bond donors (Lipinski definition) is 1. The van der Waals surface area contributed by atoms with Gasteiger partial charge in [0.15, 0.2) is 17.8 Å². The average Bonchev–Trinajstić information content (AvgIpc) is 2.17. The minimum atomic E-state index is -0.220. The van der Waals surface area contributed by atoms with Gasteiger partial charge < -0.3 is 9.84 Å². The zero-order valence-corrected chi connectivity index (χ0v) is 6.85. The van der Waals surface area contributed by atoms with Crippen LogP contribution in [0.2, 0.25) is 0 Å². The zero-order chi connectivity index (χ0) is 9.84. The fraction of sp³-hybridized carbons (Fsp3) is 0.125. The van der Waals surface area contributed by atoms with Crippen LogP contribution in [-0.2, 0) is 0 Å². The molecule has 5 heteroatoms. The Kier molecular flexibility index (Phi) is 2.59. The number of carbonyl (C=O) groups is 1. The summed E-state index contributed by atoms with van der Waals surface area (Å²) in [6.07, 6.45) is 0.471. The molecule has 1 N–H and O–H groups in total. The Morgan fingerprint density at radius 3 is 2.69 bits per heavy atom. The van der Waals surface area contributed by atoms with Crippen LogP contribution in [-0.4, -0.2) is 18.5 Å². The summed E-state index contributed by atoms with van der Waals surface area (Å²) in [6, 6.07) is 2.33. The molecule has 68 valence electrons. The highest BCUT2D eigenvalue weighted by atomic mass is 16.5. The van der Waals surface area contributed by atoms with Gasteiger partial charge in [-0.1, -0.05) is 0 Å². The highest BCUT2D eigenvalue weighted by Gasteiger charge is 2.09. The van der Waals surface area contributed by atoms with Crippen molar-refractivity contribution in [3.8, 4) is 11.5 Å². The Hall–Kier alpha value is -1.91. The highest BCUT2D eigenvalue weighted by molar-refractivity contribution is 5.84. The minimum Gasteiger partial charge on any atom is -0.504 e. The molecule has 1 aromatic rings. The Morgan fingerprint density at radius 2 is 2.23 bits per heavy atom. The van der Waals surface area contributed by atoms with Crippen molar-refractivity contribution < 1.29 is 14.6 Å². The van der Waals surface area contributed by atoms with Crippen LogP contribution in [0.25, 0.3) is 0 Å². The van der Waals surface area contributed by atoms with E-state index < -0.39 is 0 Å². The van der Waals surface area contributed by atoms with Crippen LogP contribution < -0.4 is 4.74 Å². The maximum atomic E-state index is 10.4. The fourth-order valence-electron chi connectivity index (χ4n) is 0.910. The largest absolute Gasteiger partial charge is 0.504 e. The van der Waals surface area contributed by atoms with Crippen LogP contribution in [0, 0.1) is 4.91 Å². The van der Waals surface area contributed by atoms with E-state index in [1.165, 1.54) is 13.2 Å². The molecule has 1 rings (SSSR count). The van der Waals surface area contributed by atoms with Crippen molar-refractivity contribution in [2.75, 3.05) is 7.11 Å². The predicted octanol–water partition coefficient (Wildman–Crippen LogP) is 1.61. The Labute approximate surface area is 73.9 Å². The minimum absolute atomic E-state index is 0.0876. The van der Waals surface area contributed by atoms with E-state index in [2.05, 4.69) is 5.18 Å². The molecule has 0 saturated heterocycles. The molecule has 0 unspecified atom stereocenters. The summed E-state index contributed by atoms with van der Waals surface area (Å²) in [4.78, 5) is 20.6. The maximum absolute atomic E-state index is 10.4. The number of ether oxygens (including phenoxy) is 1. The van der Waals surface area contributed by atoms with E-state index in [0.29, 0.717) is 6.29 Å². The first-order valence-corrected chi connectivity index (χ1v) is 3.42. The third-order valence-corrected chi connectivity index (χ3v) is 1.55. The molecule has 1 aromatic carbocycles. The molecule has 0 fully saturated rings. The van der Waals surface area contributed by atoms with Gasteiger partial charge in [-0.15, -0.1) is 4.91 Å². The first-order chi connectivity index (χ1) is 6.22. The molecule has 0 heterocycles. The number of methoxy groups -OCH3 is 1. The Bertz CT molecular complexity index is 348. The quantitative estimate of drug-likeness (QED) is 0.567. The van der Waals surface area contributed by atoms with Crippen molar-refractivity contribution in [2.24, 2.45) is 5.18 Å². The highest BCUT2D eigenvalue weighted by Crippen LogP contribution is 2.32. The van der Waals surface area contributed by atoms with E-state index in [0.717, 1.165) is 6.07 Å². The molecule has 0 radical (unpaired) electrons. The van der Waals surface area contributed by atoms with Gasteiger partial charge in [0, 0.05) is 11.6 Å². The predicted molar refractivity (Wildman–Crippen MR) is 45.5 cm³/mol. The van der Waals surface area contributed by atoms with Gasteiger partial charge in [-0.05, 0) is 11.2 Å². The van der Waals surface area contributed by atoms with E-state index in [-0.39, 0.29) is 22.7 Å². The van der Waals surface area contributed by atoms with Crippen molar-refractivity contribution >= 4 is 12.0 Å². The first-order valence-electron chi connectivity index (χ1n) is 3.42. The molecular formula is C8H7NO4. The summed E-state index contributed by atoms with van der Waals surface area (Å²) in [5.74, 6) is -0.0859. The van der Waals surface area contributed by atoms with Crippen molar-refractivity contribution in [3.05, 3.63) is 22.6 Å². The molecule has 0 spiro atoms. The second-order valence-corrected chi connectivity index (χ2v) is 2.29. The normalized spacial score (nSPS) is 9.31. The Balaban J connectivity index is 3.34. The smallest absolute Gasteiger partial charge is 0.161 e. The topological polar surface area (TPSA) is 76.0 Å². The molecule has 0 aliphatic heterocycles. The molecule has 0 atom stereocenters. The molecule has 5 nitrogen and oxygen atoms in total. The maximum Gasteiger partial charge on any atom is 0.161 e. The lowest BCUT2D eigenvalue weighted by Crippen LogP contribution is -1.87. The number of hydrogen-bond acceptors (Lipinski definition) is 5. The number of nitroso groups, excluding NO2 is 1. The number of phenols is 1. The molecular weight excluding hydrogens is 174 g/mol. The number of phenolic OH excluding ortho intramolecular Hbond substituents is 1. The summed E-state index contributed by atoms with van der Waals surface area (Å²) in [5, 5.41) is 11.8. The lowest BCUT2D eigenvalue weighted by atomic mass is 10.2. The monoisotopic (exact) mass is 181 g/mol. The molecule has 0 saturated carbocycles. The third kappa shape index (κ3) is 1.64. The first kappa shape index (κ1) is 9.18. The van der Waals surface area contributed by atoms with Gasteiger partial charge in [0.25, 0.3) is 0 Å². The van der Waals surface area contributed by atoms with Gasteiger partial charge in [-0.3, -0.25) is 4.79 Å². The van der Waals surface area contributed by atoms with Crippen LogP contribution in [0.3, 0.4) is 0 Å². The van der Waals surface area contributed by atoms with E-state index in [4.69, 9.17) is 4.74 Å². The van der Waals surface area contributed by atoms with Crippen LogP contribution in [0.1, 0.15) is 10.4 Å². The summed E-state index contributed by atoms with van der Waals surface area (Å²) < 4.78 is 4.73. The van der Waals surface area contributed by atoms with Crippen molar-refractivity contribution in [3.63, 3.8) is 0 Å². The zero-order valence-electron chi connectivity index (χ0n) is 6.85. The lowest BCUT2D eigenvalue weighted by Gasteiger charge is -2.04. The number of benzene rings is 1. The second kappa shape index (κ2) is 3.66. The van der Waals surface area contributed by atoms with Crippen LogP contribution >= 0.6 is 0 Å². The van der Waals surface area contributed by atoms with Crippen molar-refractivity contribution in [2.45, 2.75) is 0 Å². The number of rotatable bonds is 3. The van der Waals surface area contributed by atoms with Crippen molar-refractivity contribution in [1.29, 1.82) is 0 Å². The molecule has 0 aliphatic rings. The van der Waals surface area contributed by atoms with E-state index in [1.807, 2.05) is 0 Å². The van der Waals surface area contributed by atoms with Gasteiger partial charge >= 0.3 is 0 Å². The fourth-order valence-corrected chi connectivity index (χ4v) is 0.910. The van der Waals surface area contributed by atoms with Crippen molar-refractivity contribution in [1.82, 2.24) is 0 Å². The molecule has 0 amide bonds. The molecule has 0 aliphatic carbocycles. The van der Waals surface area contributed by atoms with E-state index in [1.54, 1.807) is 0 Å². The molecule has 0 bridgehead atoms. The summed E-state index contributed by atoms with van der Waals surface area (Å²) >= 11 is 0. The average molecular weight is 181 g/mol. The van der Waals surface area contributed by atoms with Gasteiger partial charge in [-0.25, -0.2) is 0 Å². The Morgan fingerprint density at radius 1 is 1.54 bits per heavy atom. The summed E-state index contributed by atoms with van der Waals surface area (Å²) in [5.41, 5.74) is -0.0158.